The fraction of sp³-hybridized carbons (Fsp3) is 1.00. The van der Waals surface area contributed by atoms with Gasteiger partial charge in [0.1, 0.15) is 0 Å². The maximum atomic E-state index is 5.06. The third-order valence-corrected chi connectivity index (χ3v) is 3.08. The number of hydrogen-bond acceptors (Lipinski definition) is 3. The molecule has 0 heterocycles. The van der Waals surface area contributed by atoms with E-state index in [1.54, 1.807) is 7.11 Å². The molecule has 0 spiro atoms. The third-order valence-electron chi connectivity index (χ3n) is 3.08. The molecule has 0 amide bonds. The zero-order valence-corrected chi connectivity index (χ0v) is 13.0. The van der Waals surface area contributed by atoms with Crippen molar-refractivity contribution in [3.63, 3.8) is 0 Å². The SMILES string of the molecule is COCCCN(C)CCCCCCNCC(C)C. The van der Waals surface area contributed by atoms with Crippen LogP contribution in [0.25, 0.3) is 0 Å². The van der Waals surface area contributed by atoms with Gasteiger partial charge in [-0.1, -0.05) is 26.7 Å². The van der Waals surface area contributed by atoms with Crippen LogP contribution in [0.5, 0.6) is 0 Å². The van der Waals surface area contributed by atoms with E-state index < -0.39 is 0 Å². The number of methoxy groups -OCH3 is 1. The third kappa shape index (κ3) is 13.9. The van der Waals surface area contributed by atoms with Gasteiger partial charge in [0.05, 0.1) is 0 Å². The quantitative estimate of drug-likeness (QED) is 0.514. The number of rotatable bonds is 13. The average molecular weight is 258 g/mol. The van der Waals surface area contributed by atoms with E-state index in [0.29, 0.717) is 0 Å². The Labute approximate surface area is 114 Å². The van der Waals surface area contributed by atoms with Crippen LogP contribution in [-0.2, 0) is 4.74 Å². The molecule has 0 aliphatic carbocycles. The Morgan fingerprint density at radius 2 is 1.67 bits per heavy atom. The van der Waals surface area contributed by atoms with E-state index in [1.807, 2.05) is 0 Å². The van der Waals surface area contributed by atoms with Crippen molar-refractivity contribution in [3.8, 4) is 0 Å². The van der Waals surface area contributed by atoms with Crippen molar-refractivity contribution in [2.24, 2.45) is 5.92 Å². The molecule has 0 aromatic rings. The van der Waals surface area contributed by atoms with E-state index in [4.69, 9.17) is 4.74 Å². The van der Waals surface area contributed by atoms with E-state index in [1.165, 1.54) is 38.8 Å². The van der Waals surface area contributed by atoms with E-state index in [2.05, 4.69) is 31.1 Å². The molecule has 0 radical (unpaired) electrons. The molecule has 0 aromatic heterocycles. The zero-order valence-electron chi connectivity index (χ0n) is 13.0. The highest BCUT2D eigenvalue weighted by Crippen LogP contribution is 2.01. The lowest BCUT2D eigenvalue weighted by molar-refractivity contribution is 0.179. The predicted molar refractivity (Wildman–Crippen MR) is 80.2 cm³/mol. The van der Waals surface area contributed by atoms with Gasteiger partial charge in [0.2, 0.25) is 0 Å². The molecule has 0 saturated heterocycles. The van der Waals surface area contributed by atoms with Gasteiger partial charge in [-0.2, -0.15) is 0 Å². The summed E-state index contributed by atoms with van der Waals surface area (Å²) < 4.78 is 5.06. The highest BCUT2D eigenvalue weighted by Gasteiger charge is 1.98. The smallest absolute Gasteiger partial charge is 0.0474 e. The van der Waals surface area contributed by atoms with Gasteiger partial charge in [-0.3, -0.25) is 0 Å². The maximum Gasteiger partial charge on any atom is 0.0474 e. The van der Waals surface area contributed by atoms with Crippen molar-refractivity contribution in [1.82, 2.24) is 10.2 Å². The normalized spacial score (nSPS) is 11.7. The molecule has 3 nitrogen and oxygen atoms in total. The molecule has 0 aliphatic heterocycles. The maximum absolute atomic E-state index is 5.06. The molecule has 0 aromatic carbocycles. The van der Waals surface area contributed by atoms with E-state index in [-0.39, 0.29) is 0 Å². The summed E-state index contributed by atoms with van der Waals surface area (Å²) in [6.45, 7) is 10.1. The van der Waals surface area contributed by atoms with Gasteiger partial charge in [-0.25, -0.2) is 0 Å². The molecular formula is C15H34N2O. The zero-order chi connectivity index (χ0) is 13.6. The van der Waals surface area contributed by atoms with Crippen molar-refractivity contribution in [1.29, 1.82) is 0 Å². The van der Waals surface area contributed by atoms with Crippen molar-refractivity contribution >= 4 is 0 Å². The minimum atomic E-state index is 0.769. The molecular weight excluding hydrogens is 224 g/mol. The number of ether oxygens (including phenoxy) is 1. The molecule has 18 heavy (non-hydrogen) atoms. The molecule has 1 N–H and O–H groups in total. The minimum Gasteiger partial charge on any atom is -0.385 e. The monoisotopic (exact) mass is 258 g/mol. The standard InChI is InChI=1S/C15H34N2O/c1-15(2)14-16-10-7-5-6-8-11-17(3)12-9-13-18-4/h15-16H,5-14H2,1-4H3. The van der Waals surface area contributed by atoms with Gasteiger partial charge in [0, 0.05) is 20.3 Å². The van der Waals surface area contributed by atoms with E-state index in [9.17, 15) is 0 Å². The largest absolute Gasteiger partial charge is 0.385 e. The Morgan fingerprint density at radius 1 is 1.00 bits per heavy atom. The second-order valence-electron chi connectivity index (χ2n) is 5.66. The van der Waals surface area contributed by atoms with Crippen molar-refractivity contribution in [3.05, 3.63) is 0 Å². The second kappa shape index (κ2) is 13.3. The Balaban J connectivity index is 3.10. The van der Waals surface area contributed by atoms with Gasteiger partial charge in [0.15, 0.2) is 0 Å². The van der Waals surface area contributed by atoms with Crippen LogP contribution in [0.2, 0.25) is 0 Å². The summed E-state index contributed by atoms with van der Waals surface area (Å²) in [6.07, 6.45) is 6.51. The number of nitrogens with one attached hydrogen (secondary N) is 1. The Morgan fingerprint density at radius 3 is 2.33 bits per heavy atom. The number of hydrogen-bond donors (Lipinski definition) is 1. The topological polar surface area (TPSA) is 24.5 Å². The molecule has 110 valence electrons. The Bertz CT molecular complexity index is 163. The molecule has 0 bridgehead atoms. The summed E-state index contributed by atoms with van der Waals surface area (Å²) in [6, 6.07) is 0. The van der Waals surface area contributed by atoms with Crippen LogP contribution in [0.1, 0.15) is 46.0 Å². The van der Waals surface area contributed by atoms with Gasteiger partial charge in [0.25, 0.3) is 0 Å². The lowest BCUT2D eigenvalue weighted by Crippen LogP contribution is -2.22. The molecule has 0 rings (SSSR count). The van der Waals surface area contributed by atoms with Crippen molar-refractivity contribution in [2.45, 2.75) is 46.0 Å². The minimum absolute atomic E-state index is 0.769. The fourth-order valence-electron chi connectivity index (χ4n) is 1.97. The summed E-state index contributed by atoms with van der Waals surface area (Å²) in [4.78, 5) is 2.41. The van der Waals surface area contributed by atoms with Crippen molar-refractivity contribution in [2.75, 3.05) is 46.9 Å². The molecule has 0 saturated carbocycles. The molecule has 0 unspecified atom stereocenters. The highest BCUT2D eigenvalue weighted by molar-refractivity contribution is 4.55. The summed E-state index contributed by atoms with van der Waals surface area (Å²) in [5.74, 6) is 0.769. The summed E-state index contributed by atoms with van der Waals surface area (Å²) in [7, 11) is 3.98. The molecule has 0 fully saturated rings. The first-order valence-electron chi connectivity index (χ1n) is 7.55. The summed E-state index contributed by atoms with van der Waals surface area (Å²) in [5, 5.41) is 3.49. The van der Waals surface area contributed by atoms with E-state index in [0.717, 1.165) is 32.0 Å². The predicted octanol–water partition coefficient (Wildman–Crippen LogP) is 2.76. The summed E-state index contributed by atoms with van der Waals surface area (Å²) >= 11 is 0. The van der Waals surface area contributed by atoms with Crippen LogP contribution in [-0.4, -0.2) is 51.8 Å². The van der Waals surface area contributed by atoms with Gasteiger partial charge in [-0.05, 0) is 51.9 Å². The highest BCUT2D eigenvalue weighted by atomic mass is 16.5. The van der Waals surface area contributed by atoms with Gasteiger partial charge < -0.3 is 15.0 Å². The Hall–Kier alpha value is -0.120. The summed E-state index contributed by atoms with van der Waals surface area (Å²) in [5.41, 5.74) is 0. The molecule has 0 atom stereocenters. The lowest BCUT2D eigenvalue weighted by Gasteiger charge is -2.16. The van der Waals surface area contributed by atoms with Gasteiger partial charge in [-0.15, -0.1) is 0 Å². The number of unbranched alkanes of at least 4 members (excludes halogenated alkanes) is 3. The van der Waals surface area contributed by atoms with Crippen LogP contribution in [0, 0.1) is 5.92 Å². The first-order valence-corrected chi connectivity index (χ1v) is 7.55. The first kappa shape index (κ1) is 17.9. The second-order valence-corrected chi connectivity index (χ2v) is 5.66. The lowest BCUT2D eigenvalue weighted by atomic mass is 10.1. The van der Waals surface area contributed by atoms with Crippen LogP contribution < -0.4 is 5.32 Å². The average Bonchev–Trinajstić information content (AvgIpc) is 2.32. The van der Waals surface area contributed by atoms with Crippen molar-refractivity contribution < 1.29 is 4.74 Å². The van der Waals surface area contributed by atoms with Crippen LogP contribution in [0.3, 0.4) is 0 Å². The van der Waals surface area contributed by atoms with Gasteiger partial charge >= 0.3 is 0 Å². The van der Waals surface area contributed by atoms with E-state index >= 15 is 0 Å². The first-order chi connectivity index (χ1) is 8.66. The number of nitrogens with zero attached hydrogens (tertiary/aromatic N) is 1. The molecule has 0 aliphatic rings. The van der Waals surface area contributed by atoms with Crippen LogP contribution >= 0.6 is 0 Å². The van der Waals surface area contributed by atoms with Crippen LogP contribution in [0.15, 0.2) is 0 Å². The molecule has 3 heteroatoms. The fourth-order valence-corrected chi connectivity index (χ4v) is 1.97. The Kier molecular flexibility index (Phi) is 13.2. The van der Waals surface area contributed by atoms with Crippen LogP contribution in [0.4, 0.5) is 0 Å².